The maximum Gasteiger partial charge on any atom is 0.226 e. The lowest BCUT2D eigenvalue weighted by Gasteiger charge is -2.40. The Kier molecular flexibility index (Phi) is 4.62. The molecule has 0 saturated heterocycles. The highest BCUT2D eigenvalue weighted by Crippen LogP contribution is 2.44. The number of halogens is 1. The summed E-state index contributed by atoms with van der Waals surface area (Å²) in [6.07, 6.45) is 6.79. The van der Waals surface area contributed by atoms with Crippen LogP contribution in [0.25, 0.3) is 0 Å². The standard InChI is InChI=1S/C12H22N2O.ClH/c1-2-12(6-3-7-12)11(15)14-10(8-13)9-4-5-9;/h9-10H,2-8,13H2,1H3,(H,14,15);1H. The summed E-state index contributed by atoms with van der Waals surface area (Å²) in [6, 6.07) is 0.238. The molecule has 2 aliphatic carbocycles. The van der Waals surface area contributed by atoms with Gasteiger partial charge in [0, 0.05) is 18.0 Å². The maximum absolute atomic E-state index is 12.1. The molecule has 3 N–H and O–H groups in total. The molecule has 3 nitrogen and oxygen atoms in total. The Morgan fingerprint density at radius 3 is 2.44 bits per heavy atom. The van der Waals surface area contributed by atoms with Gasteiger partial charge in [-0.2, -0.15) is 0 Å². The van der Waals surface area contributed by atoms with E-state index in [-0.39, 0.29) is 29.8 Å². The molecule has 2 aliphatic rings. The Morgan fingerprint density at radius 1 is 1.50 bits per heavy atom. The highest BCUT2D eigenvalue weighted by atomic mass is 35.5. The van der Waals surface area contributed by atoms with Crippen LogP contribution < -0.4 is 11.1 Å². The first-order valence-electron chi connectivity index (χ1n) is 6.23. The second-order valence-electron chi connectivity index (χ2n) is 5.14. The molecule has 1 atom stereocenters. The summed E-state index contributed by atoms with van der Waals surface area (Å²) in [5.74, 6) is 0.923. The smallest absolute Gasteiger partial charge is 0.226 e. The molecule has 16 heavy (non-hydrogen) atoms. The molecule has 4 heteroatoms. The van der Waals surface area contributed by atoms with E-state index in [1.807, 2.05) is 0 Å². The summed E-state index contributed by atoms with van der Waals surface area (Å²) >= 11 is 0. The molecular weight excluding hydrogens is 224 g/mol. The molecule has 0 radical (unpaired) electrons. The number of amides is 1. The molecule has 0 spiro atoms. The fraction of sp³-hybridized carbons (Fsp3) is 0.917. The fourth-order valence-corrected chi connectivity index (χ4v) is 2.53. The van der Waals surface area contributed by atoms with Gasteiger partial charge in [0.2, 0.25) is 5.91 Å². The molecule has 2 fully saturated rings. The lowest BCUT2D eigenvalue weighted by Crippen LogP contribution is -2.51. The zero-order valence-corrected chi connectivity index (χ0v) is 10.8. The number of carbonyl (C=O) groups excluding carboxylic acids is 1. The highest BCUT2D eigenvalue weighted by molar-refractivity contribution is 5.85. The van der Waals surface area contributed by atoms with Gasteiger partial charge in [-0.15, -0.1) is 12.4 Å². The molecule has 0 aromatic carbocycles. The minimum Gasteiger partial charge on any atom is -0.351 e. The van der Waals surface area contributed by atoms with Crippen LogP contribution in [0.15, 0.2) is 0 Å². The van der Waals surface area contributed by atoms with E-state index in [1.54, 1.807) is 0 Å². The first-order chi connectivity index (χ1) is 7.22. The Labute approximate surface area is 104 Å². The highest BCUT2D eigenvalue weighted by Gasteiger charge is 2.44. The summed E-state index contributed by atoms with van der Waals surface area (Å²) in [7, 11) is 0. The van der Waals surface area contributed by atoms with Crippen molar-refractivity contribution in [2.45, 2.75) is 51.5 Å². The third kappa shape index (κ3) is 2.51. The van der Waals surface area contributed by atoms with Crippen molar-refractivity contribution in [1.29, 1.82) is 0 Å². The number of carbonyl (C=O) groups is 1. The molecule has 0 heterocycles. The number of nitrogens with one attached hydrogen (secondary N) is 1. The maximum atomic E-state index is 12.1. The molecule has 0 aliphatic heterocycles. The van der Waals surface area contributed by atoms with Crippen molar-refractivity contribution < 1.29 is 4.79 Å². The van der Waals surface area contributed by atoms with Crippen LogP contribution in [0, 0.1) is 11.3 Å². The lowest BCUT2D eigenvalue weighted by atomic mass is 9.66. The third-order valence-corrected chi connectivity index (χ3v) is 4.23. The second-order valence-corrected chi connectivity index (χ2v) is 5.14. The predicted octanol–water partition coefficient (Wildman–Crippen LogP) is 1.84. The summed E-state index contributed by atoms with van der Waals surface area (Å²) in [6.45, 7) is 2.71. The quantitative estimate of drug-likeness (QED) is 0.778. The average Bonchev–Trinajstić information content (AvgIpc) is 2.96. The first-order valence-corrected chi connectivity index (χ1v) is 6.23. The van der Waals surface area contributed by atoms with Gasteiger partial charge in [-0.25, -0.2) is 0 Å². The minimum absolute atomic E-state index is 0. The molecule has 2 rings (SSSR count). The van der Waals surface area contributed by atoms with Gasteiger partial charge in [-0.05, 0) is 38.0 Å². The van der Waals surface area contributed by atoms with Crippen molar-refractivity contribution in [2.75, 3.05) is 6.54 Å². The largest absolute Gasteiger partial charge is 0.351 e. The van der Waals surface area contributed by atoms with Gasteiger partial charge in [0.1, 0.15) is 0 Å². The van der Waals surface area contributed by atoms with Crippen LogP contribution in [0.5, 0.6) is 0 Å². The number of rotatable bonds is 5. The van der Waals surface area contributed by atoms with Crippen molar-refractivity contribution in [1.82, 2.24) is 5.32 Å². The van der Waals surface area contributed by atoms with E-state index < -0.39 is 0 Å². The Bertz CT molecular complexity index is 244. The van der Waals surface area contributed by atoms with Crippen LogP contribution in [0.1, 0.15) is 45.4 Å². The summed E-state index contributed by atoms with van der Waals surface area (Å²) in [4.78, 5) is 12.1. The summed E-state index contributed by atoms with van der Waals surface area (Å²) in [5.41, 5.74) is 5.65. The van der Waals surface area contributed by atoms with E-state index in [1.165, 1.54) is 19.3 Å². The molecule has 94 valence electrons. The molecular formula is C12H23ClN2O. The van der Waals surface area contributed by atoms with Crippen LogP contribution in [0.2, 0.25) is 0 Å². The van der Waals surface area contributed by atoms with Crippen molar-refractivity contribution >= 4 is 18.3 Å². The third-order valence-electron chi connectivity index (χ3n) is 4.23. The van der Waals surface area contributed by atoms with E-state index >= 15 is 0 Å². The van der Waals surface area contributed by atoms with Crippen molar-refractivity contribution in [3.8, 4) is 0 Å². The zero-order chi connectivity index (χ0) is 10.9. The molecule has 0 aromatic heterocycles. The minimum atomic E-state index is -0.0394. The first kappa shape index (κ1) is 13.8. The van der Waals surface area contributed by atoms with Gasteiger partial charge in [0.15, 0.2) is 0 Å². The van der Waals surface area contributed by atoms with E-state index in [0.29, 0.717) is 12.5 Å². The predicted molar refractivity (Wildman–Crippen MR) is 67.5 cm³/mol. The normalized spacial score (nSPS) is 23.9. The van der Waals surface area contributed by atoms with Gasteiger partial charge in [-0.1, -0.05) is 13.3 Å². The molecule has 1 unspecified atom stereocenters. The van der Waals surface area contributed by atoms with Crippen LogP contribution in [0.4, 0.5) is 0 Å². The Hall–Kier alpha value is -0.280. The van der Waals surface area contributed by atoms with Crippen LogP contribution >= 0.6 is 12.4 Å². The van der Waals surface area contributed by atoms with E-state index in [0.717, 1.165) is 19.3 Å². The molecule has 1 amide bonds. The average molecular weight is 247 g/mol. The van der Waals surface area contributed by atoms with Gasteiger partial charge in [0.25, 0.3) is 0 Å². The number of hydrogen-bond donors (Lipinski definition) is 2. The van der Waals surface area contributed by atoms with E-state index in [9.17, 15) is 4.79 Å². The zero-order valence-electron chi connectivity index (χ0n) is 10.00. The SMILES string of the molecule is CCC1(C(=O)NC(CN)C2CC2)CCC1.Cl. The van der Waals surface area contributed by atoms with E-state index in [2.05, 4.69) is 12.2 Å². The number of nitrogens with two attached hydrogens (primary N) is 1. The van der Waals surface area contributed by atoms with Gasteiger partial charge in [0.05, 0.1) is 0 Å². The Balaban J connectivity index is 0.00000128. The molecule has 2 saturated carbocycles. The Morgan fingerprint density at radius 2 is 2.12 bits per heavy atom. The summed E-state index contributed by atoms with van der Waals surface area (Å²) in [5, 5.41) is 3.16. The molecule has 0 bridgehead atoms. The second kappa shape index (κ2) is 5.37. The van der Waals surface area contributed by atoms with Crippen molar-refractivity contribution in [3.05, 3.63) is 0 Å². The van der Waals surface area contributed by atoms with Gasteiger partial charge >= 0.3 is 0 Å². The van der Waals surface area contributed by atoms with Gasteiger partial charge < -0.3 is 11.1 Å². The van der Waals surface area contributed by atoms with Crippen molar-refractivity contribution in [3.63, 3.8) is 0 Å². The lowest BCUT2D eigenvalue weighted by molar-refractivity contribution is -0.137. The van der Waals surface area contributed by atoms with Gasteiger partial charge in [-0.3, -0.25) is 4.79 Å². The van der Waals surface area contributed by atoms with Crippen molar-refractivity contribution in [2.24, 2.45) is 17.1 Å². The van der Waals surface area contributed by atoms with Crippen LogP contribution in [-0.2, 0) is 4.79 Å². The fourth-order valence-electron chi connectivity index (χ4n) is 2.53. The van der Waals surface area contributed by atoms with Crippen LogP contribution in [-0.4, -0.2) is 18.5 Å². The molecule has 0 aromatic rings. The van der Waals surface area contributed by atoms with Crippen LogP contribution in [0.3, 0.4) is 0 Å². The summed E-state index contributed by atoms with van der Waals surface area (Å²) < 4.78 is 0. The topological polar surface area (TPSA) is 55.1 Å². The van der Waals surface area contributed by atoms with E-state index in [4.69, 9.17) is 5.73 Å². The number of hydrogen-bond acceptors (Lipinski definition) is 2. The monoisotopic (exact) mass is 246 g/mol.